The number of hydrogen-bond acceptors (Lipinski definition) is 6. The van der Waals surface area contributed by atoms with E-state index < -0.39 is 30.3 Å². The highest BCUT2D eigenvalue weighted by molar-refractivity contribution is 5.81. The second kappa shape index (κ2) is 4.20. The Labute approximate surface area is 80.5 Å². The van der Waals surface area contributed by atoms with Crippen LogP contribution in [0.2, 0.25) is 0 Å². The van der Waals surface area contributed by atoms with Gasteiger partial charge >= 0.3 is 0 Å². The third-order valence-corrected chi connectivity index (χ3v) is 2.40. The minimum atomic E-state index is -1.42. The van der Waals surface area contributed by atoms with Crippen molar-refractivity contribution in [2.45, 2.75) is 24.4 Å². The van der Waals surface area contributed by atoms with Gasteiger partial charge in [0, 0.05) is 6.54 Å². The molecule has 0 bridgehead atoms. The van der Waals surface area contributed by atoms with Gasteiger partial charge in [0.25, 0.3) is 5.91 Å². The Morgan fingerprint density at radius 2 is 1.93 bits per heavy atom. The first kappa shape index (κ1) is 11.3. The van der Waals surface area contributed by atoms with Gasteiger partial charge in [-0.3, -0.25) is 14.9 Å². The molecule has 5 N–H and O–H groups in total. The molecule has 82 valence electrons. The number of carbonyl (C=O) groups excluding carboxylic acids is 1. The summed E-state index contributed by atoms with van der Waals surface area (Å²) in [7, 11) is 1.50. The van der Waals surface area contributed by atoms with Crippen molar-refractivity contribution in [3.05, 3.63) is 0 Å². The highest BCUT2D eigenvalue weighted by atomic mass is 16.5. The van der Waals surface area contributed by atoms with Gasteiger partial charge in [0.15, 0.2) is 0 Å². The fourth-order valence-corrected chi connectivity index (χ4v) is 1.61. The molecule has 0 saturated carbocycles. The van der Waals surface area contributed by atoms with Crippen LogP contribution in [0, 0.1) is 0 Å². The molecule has 0 aromatic rings. The molecule has 7 heteroatoms. The fraction of sp³-hybridized carbons (Fsp3) is 0.857. The molecule has 0 spiro atoms. The standard InChI is InChI=1S/C7H14N2O5/c1-9-2-3(10)5(11)6(12)4(9)7(13)8-14/h3-6,10-12,14H,2H2,1H3,(H,8,13)/t3-,4+,5-,6+/m0/s1. The number of likely N-dealkylation sites (N-methyl/N-ethyl adjacent to an activating group) is 1. The summed E-state index contributed by atoms with van der Waals surface area (Å²) in [6.07, 6.45) is -3.90. The Hall–Kier alpha value is -0.730. The van der Waals surface area contributed by atoms with E-state index >= 15 is 0 Å². The first-order valence-corrected chi connectivity index (χ1v) is 4.17. The number of β-amino-alcohol motifs (C(OH)–C–C–N with tert-alkyl or cyclic N) is 1. The highest BCUT2D eigenvalue weighted by Crippen LogP contribution is 2.17. The molecule has 14 heavy (non-hydrogen) atoms. The van der Waals surface area contributed by atoms with Crippen LogP contribution in [0.15, 0.2) is 0 Å². The van der Waals surface area contributed by atoms with Crippen LogP contribution >= 0.6 is 0 Å². The number of carbonyl (C=O) groups is 1. The molecule has 7 nitrogen and oxygen atoms in total. The number of aliphatic hydroxyl groups is 3. The van der Waals surface area contributed by atoms with E-state index in [-0.39, 0.29) is 6.54 Å². The smallest absolute Gasteiger partial charge is 0.263 e. The summed E-state index contributed by atoms with van der Waals surface area (Å²) in [4.78, 5) is 12.4. The minimum Gasteiger partial charge on any atom is -0.389 e. The van der Waals surface area contributed by atoms with E-state index in [1.807, 2.05) is 0 Å². The maximum absolute atomic E-state index is 11.1. The van der Waals surface area contributed by atoms with Crippen LogP contribution in [-0.4, -0.2) is 69.3 Å². The summed E-state index contributed by atoms with van der Waals surface area (Å²) in [6, 6.07) is -1.06. The molecule has 1 aliphatic heterocycles. The van der Waals surface area contributed by atoms with Gasteiger partial charge in [0.2, 0.25) is 0 Å². The van der Waals surface area contributed by atoms with E-state index in [0.29, 0.717) is 0 Å². The summed E-state index contributed by atoms with van der Waals surface area (Å²) in [5, 5.41) is 36.4. The molecule has 1 heterocycles. The molecule has 0 radical (unpaired) electrons. The number of piperidine rings is 1. The quantitative estimate of drug-likeness (QED) is 0.229. The molecule has 0 aromatic heterocycles. The normalized spacial score (nSPS) is 39.5. The molecule has 1 fully saturated rings. The molecular weight excluding hydrogens is 192 g/mol. The number of hydroxylamine groups is 1. The number of nitrogens with one attached hydrogen (secondary N) is 1. The SMILES string of the molecule is CN1C[C@H](O)[C@H](O)[C@H](O)[C@@H]1C(=O)NO. The zero-order chi connectivity index (χ0) is 10.9. The third-order valence-electron chi connectivity index (χ3n) is 2.40. The van der Waals surface area contributed by atoms with Gasteiger partial charge in [0.1, 0.15) is 18.2 Å². The fourth-order valence-electron chi connectivity index (χ4n) is 1.61. The molecule has 1 amide bonds. The number of aliphatic hydroxyl groups excluding tert-OH is 3. The topological polar surface area (TPSA) is 113 Å². The van der Waals surface area contributed by atoms with E-state index in [0.717, 1.165) is 0 Å². The lowest BCUT2D eigenvalue weighted by Gasteiger charge is -2.40. The van der Waals surface area contributed by atoms with Crippen molar-refractivity contribution in [2.24, 2.45) is 0 Å². The Kier molecular flexibility index (Phi) is 3.40. The van der Waals surface area contributed by atoms with Gasteiger partial charge in [-0.15, -0.1) is 0 Å². The first-order chi connectivity index (χ1) is 6.49. The zero-order valence-corrected chi connectivity index (χ0v) is 7.66. The van der Waals surface area contributed by atoms with Gasteiger partial charge in [-0.2, -0.15) is 0 Å². The molecule has 0 unspecified atom stereocenters. The van der Waals surface area contributed by atoms with Crippen molar-refractivity contribution in [2.75, 3.05) is 13.6 Å². The predicted molar refractivity (Wildman–Crippen MR) is 44.4 cm³/mol. The number of likely N-dealkylation sites (tertiary alicyclic amines) is 1. The van der Waals surface area contributed by atoms with Crippen molar-refractivity contribution >= 4 is 5.91 Å². The maximum Gasteiger partial charge on any atom is 0.263 e. The van der Waals surface area contributed by atoms with Crippen LogP contribution in [-0.2, 0) is 4.79 Å². The average molecular weight is 206 g/mol. The van der Waals surface area contributed by atoms with Crippen LogP contribution in [0.3, 0.4) is 0 Å². The van der Waals surface area contributed by atoms with E-state index in [9.17, 15) is 20.1 Å². The van der Waals surface area contributed by atoms with Crippen molar-refractivity contribution in [3.8, 4) is 0 Å². The van der Waals surface area contributed by atoms with E-state index in [1.54, 1.807) is 0 Å². The summed E-state index contributed by atoms with van der Waals surface area (Å²) in [5.41, 5.74) is 1.40. The largest absolute Gasteiger partial charge is 0.389 e. The number of amides is 1. The van der Waals surface area contributed by atoms with E-state index in [1.165, 1.54) is 17.4 Å². The molecular formula is C7H14N2O5. The average Bonchev–Trinajstić information content (AvgIpc) is 2.14. The molecule has 1 saturated heterocycles. The molecule has 4 atom stereocenters. The lowest BCUT2D eigenvalue weighted by Crippen LogP contribution is -2.64. The number of nitrogens with zero attached hydrogens (tertiary/aromatic N) is 1. The van der Waals surface area contributed by atoms with Crippen molar-refractivity contribution in [3.63, 3.8) is 0 Å². The predicted octanol–water partition coefficient (Wildman–Crippen LogP) is -3.11. The first-order valence-electron chi connectivity index (χ1n) is 4.17. The van der Waals surface area contributed by atoms with Gasteiger partial charge in [0.05, 0.1) is 6.10 Å². The summed E-state index contributed by atoms with van der Waals surface area (Å²) in [5.74, 6) is -0.814. The van der Waals surface area contributed by atoms with Crippen LogP contribution in [0.1, 0.15) is 0 Å². The van der Waals surface area contributed by atoms with Crippen molar-refractivity contribution in [1.29, 1.82) is 0 Å². The van der Waals surface area contributed by atoms with Crippen molar-refractivity contribution in [1.82, 2.24) is 10.4 Å². The Morgan fingerprint density at radius 3 is 2.43 bits per heavy atom. The summed E-state index contributed by atoms with van der Waals surface area (Å²) in [6.45, 7) is 0.0519. The second-order valence-electron chi connectivity index (χ2n) is 3.41. The molecule has 1 rings (SSSR count). The van der Waals surface area contributed by atoms with Gasteiger partial charge in [-0.1, -0.05) is 0 Å². The highest BCUT2D eigenvalue weighted by Gasteiger charge is 2.43. The molecule has 0 aliphatic carbocycles. The van der Waals surface area contributed by atoms with Gasteiger partial charge in [-0.05, 0) is 7.05 Å². The number of hydrogen-bond donors (Lipinski definition) is 5. The zero-order valence-electron chi connectivity index (χ0n) is 7.66. The van der Waals surface area contributed by atoms with Gasteiger partial charge in [-0.25, -0.2) is 5.48 Å². The molecule has 1 aliphatic rings. The number of rotatable bonds is 1. The molecule has 0 aromatic carbocycles. The van der Waals surface area contributed by atoms with Crippen LogP contribution in [0.4, 0.5) is 0 Å². The Morgan fingerprint density at radius 1 is 1.36 bits per heavy atom. The van der Waals surface area contributed by atoms with E-state index in [4.69, 9.17) is 5.21 Å². The van der Waals surface area contributed by atoms with Crippen LogP contribution in [0.5, 0.6) is 0 Å². The van der Waals surface area contributed by atoms with Crippen LogP contribution < -0.4 is 5.48 Å². The third kappa shape index (κ3) is 1.86. The summed E-state index contributed by atoms with van der Waals surface area (Å²) < 4.78 is 0. The Balaban J connectivity index is 2.78. The van der Waals surface area contributed by atoms with E-state index in [2.05, 4.69) is 0 Å². The Bertz CT molecular complexity index is 224. The van der Waals surface area contributed by atoms with Gasteiger partial charge < -0.3 is 15.3 Å². The maximum atomic E-state index is 11.1. The summed E-state index contributed by atoms with van der Waals surface area (Å²) >= 11 is 0. The second-order valence-corrected chi connectivity index (χ2v) is 3.41. The minimum absolute atomic E-state index is 0.0519. The lowest BCUT2D eigenvalue weighted by molar-refractivity contribution is -0.160. The van der Waals surface area contributed by atoms with Crippen molar-refractivity contribution < 1.29 is 25.3 Å². The monoisotopic (exact) mass is 206 g/mol. The lowest BCUT2D eigenvalue weighted by atomic mass is 9.94. The van der Waals surface area contributed by atoms with Crippen LogP contribution in [0.25, 0.3) is 0 Å².